The van der Waals surface area contributed by atoms with Gasteiger partial charge < -0.3 is 20.3 Å². The van der Waals surface area contributed by atoms with Gasteiger partial charge in [0.1, 0.15) is 22.5 Å². The van der Waals surface area contributed by atoms with Crippen LogP contribution in [0.3, 0.4) is 0 Å². The van der Waals surface area contributed by atoms with Gasteiger partial charge in [0.05, 0.1) is 6.61 Å². The van der Waals surface area contributed by atoms with Gasteiger partial charge in [-0.1, -0.05) is 25.8 Å². The Bertz CT molecular complexity index is 764. The molecular weight excluding hydrogens is 369 g/mol. The first-order valence-electron chi connectivity index (χ1n) is 7.94. The molecule has 1 aromatic rings. The lowest BCUT2D eigenvalue weighted by Gasteiger charge is -2.16. The van der Waals surface area contributed by atoms with Crippen molar-refractivity contribution in [3.63, 3.8) is 0 Å². The van der Waals surface area contributed by atoms with E-state index in [2.05, 4.69) is 5.32 Å². The summed E-state index contributed by atoms with van der Waals surface area (Å²) in [7, 11) is -4.07. The number of carboxylic acids is 1. The van der Waals surface area contributed by atoms with Crippen LogP contribution in [0.25, 0.3) is 0 Å². The van der Waals surface area contributed by atoms with Crippen LogP contribution in [0.4, 0.5) is 9.18 Å². The Balaban J connectivity index is 2.92. The van der Waals surface area contributed by atoms with Crippen molar-refractivity contribution in [1.82, 2.24) is 5.32 Å². The number of phenols is 1. The molecule has 0 heterocycles. The number of carboxylic acid groups (broad SMARTS) is 1. The van der Waals surface area contributed by atoms with Gasteiger partial charge in [-0.25, -0.2) is 22.4 Å². The highest BCUT2D eigenvalue weighted by atomic mass is 32.2. The number of benzene rings is 1. The van der Waals surface area contributed by atoms with Gasteiger partial charge in [-0.3, -0.25) is 0 Å². The van der Waals surface area contributed by atoms with Gasteiger partial charge in [0.15, 0.2) is 9.84 Å². The molecular formula is C16H22FNO7S. The second-order valence-electron chi connectivity index (χ2n) is 5.74. The Morgan fingerprint density at radius 1 is 1.31 bits per heavy atom. The first-order valence-corrected chi connectivity index (χ1v) is 9.83. The van der Waals surface area contributed by atoms with Crippen molar-refractivity contribution in [3.8, 4) is 5.75 Å². The van der Waals surface area contributed by atoms with Crippen molar-refractivity contribution >= 4 is 21.9 Å². The molecule has 1 aromatic carbocycles. The summed E-state index contributed by atoms with van der Waals surface area (Å²) in [5.41, 5.74) is -0.276. The number of aromatic hydroxyl groups is 1. The van der Waals surface area contributed by atoms with Gasteiger partial charge in [0.25, 0.3) is 0 Å². The van der Waals surface area contributed by atoms with E-state index in [1.165, 1.54) is 0 Å². The lowest BCUT2D eigenvalue weighted by Crippen LogP contribution is -2.42. The number of amides is 1. The quantitative estimate of drug-likeness (QED) is 0.548. The fraction of sp³-hybridized carbons (Fsp3) is 0.500. The van der Waals surface area contributed by atoms with E-state index in [-0.39, 0.29) is 12.2 Å². The third-order valence-corrected chi connectivity index (χ3v) is 4.65. The number of alkyl carbamates (subject to hydrolysis) is 1. The smallest absolute Gasteiger partial charge is 0.407 e. The highest BCUT2D eigenvalue weighted by Gasteiger charge is 2.27. The van der Waals surface area contributed by atoms with Gasteiger partial charge in [-0.05, 0) is 18.1 Å². The average molecular weight is 391 g/mol. The Morgan fingerprint density at radius 3 is 2.50 bits per heavy atom. The molecule has 26 heavy (non-hydrogen) atoms. The molecule has 0 saturated carbocycles. The molecule has 0 spiro atoms. The van der Waals surface area contributed by atoms with Gasteiger partial charge in [-0.2, -0.15) is 0 Å². The summed E-state index contributed by atoms with van der Waals surface area (Å²) in [6.45, 7) is 2.09. The number of nitrogens with one attached hydrogen (secondary N) is 1. The molecule has 1 amide bonds. The molecule has 1 atom stereocenters. The van der Waals surface area contributed by atoms with Gasteiger partial charge >= 0.3 is 12.1 Å². The maximum atomic E-state index is 14.4. The van der Waals surface area contributed by atoms with Crippen LogP contribution in [0.2, 0.25) is 0 Å². The Hall–Kier alpha value is -2.36. The number of carbonyl (C=O) groups is 2. The third-order valence-electron chi connectivity index (χ3n) is 3.52. The van der Waals surface area contributed by atoms with E-state index < -0.39 is 50.8 Å². The second kappa shape index (κ2) is 9.37. The van der Waals surface area contributed by atoms with Crippen LogP contribution >= 0.6 is 0 Å². The van der Waals surface area contributed by atoms with Gasteiger partial charge in [0, 0.05) is 12.7 Å². The normalized spacial score (nSPS) is 12.4. The molecule has 0 aliphatic rings. The van der Waals surface area contributed by atoms with Crippen molar-refractivity contribution in [2.45, 2.75) is 43.5 Å². The minimum atomic E-state index is -4.07. The number of halogens is 1. The summed E-state index contributed by atoms with van der Waals surface area (Å²) < 4.78 is 42.4. The van der Waals surface area contributed by atoms with Crippen molar-refractivity contribution in [2.75, 3.05) is 12.9 Å². The van der Waals surface area contributed by atoms with Gasteiger partial charge in [0.2, 0.25) is 0 Å². The summed E-state index contributed by atoms with van der Waals surface area (Å²) in [5.74, 6) is -3.47. The Kier molecular flexibility index (Phi) is 7.81. The van der Waals surface area contributed by atoms with Crippen LogP contribution in [-0.2, 0) is 25.8 Å². The first-order chi connectivity index (χ1) is 12.1. The number of phenolic OH excluding ortho intramolecular Hbond substituents is 1. The number of ether oxygens (including phenoxy) is 1. The lowest BCUT2D eigenvalue weighted by atomic mass is 10.1. The Labute approximate surface area is 150 Å². The van der Waals surface area contributed by atoms with E-state index in [0.717, 1.165) is 31.2 Å². The number of unbranched alkanes of at least 4 members (excludes halogenated alkanes) is 2. The van der Waals surface area contributed by atoms with E-state index in [1.807, 2.05) is 6.92 Å². The molecule has 1 unspecified atom stereocenters. The fourth-order valence-electron chi connectivity index (χ4n) is 2.22. The number of carbonyl (C=O) groups excluding carboxylic acids is 1. The molecule has 0 aromatic heterocycles. The highest BCUT2D eigenvalue weighted by Crippen LogP contribution is 2.28. The molecule has 3 N–H and O–H groups in total. The molecule has 1 rings (SSSR count). The number of sulfone groups is 1. The van der Waals surface area contributed by atoms with Crippen LogP contribution in [0.15, 0.2) is 17.0 Å². The lowest BCUT2D eigenvalue weighted by molar-refractivity contribution is -0.139. The average Bonchev–Trinajstić information content (AvgIpc) is 2.52. The van der Waals surface area contributed by atoms with E-state index in [9.17, 15) is 32.6 Å². The minimum absolute atomic E-state index is 0.123. The van der Waals surface area contributed by atoms with E-state index in [4.69, 9.17) is 4.74 Å². The Morgan fingerprint density at radius 2 is 1.96 bits per heavy atom. The molecule has 10 heteroatoms. The van der Waals surface area contributed by atoms with Crippen molar-refractivity contribution in [1.29, 1.82) is 0 Å². The van der Waals surface area contributed by atoms with Crippen molar-refractivity contribution < 1.29 is 37.3 Å². The van der Waals surface area contributed by atoms with Crippen LogP contribution in [0.1, 0.15) is 31.7 Å². The third kappa shape index (κ3) is 6.17. The molecule has 0 bridgehead atoms. The first kappa shape index (κ1) is 21.7. The van der Waals surface area contributed by atoms with E-state index in [0.29, 0.717) is 6.42 Å². The van der Waals surface area contributed by atoms with Gasteiger partial charge in [-0.15, -0.1) is 0 Å². The molecule has 0 radical (unpaired) electrons. The van der Waals surface area contributed by atoms with Crippen LogP contribution < -0.4 is 5.32 Å². The summed E-state index contributed by atoms with van der Waals surface area (Å²) in [5, 5.41) is 20.9. The minimum Gasteiger partial charge on any atom is -0.506 e. The van der Waals surface area contributed by atoms with Crippen LogP contribution in [0, 0.1) is 5.82 Å². The summed E-state index contributed by atoms with van der Waals surface area (Å²) in [6.07, 6.45) is 1.64. The maximum absolute atomic E-state index is 14.4. The summed E-state index contributed by atoms with van der Waals surface area (Å²) >= 11 is 0. The number of rotatable bonds is 9. The molecule has 8 nitrogen and oxygen atoms in total. The van der Waals surface area contributed by atoms with E-state index >= 15 is 0 Å². The number of hydrogen-bond acceptors (Lipinski definition) is 6. The van der Waals surface area contributed by atoms with Crippen molar-refractivity contribution in [3.05, 3.63) is 23.5 Å². The van der Waals surface area contributed by atoms with Crippen LogP contribution in [0.5, 0.6) is 5.75 Å². The number of aliphatic carboxylic acids is 1. The fourth-order valence-corrected chi connectivity index (χ4v) is 3.12. The van der Waals surface area contributed by atoms with E-state index in [1.54, 1.807) is 0 Å². The second-order valence-corrected chi connectivity index (χ2v) is 7.69. The van der Waals surface area contributed by atoms with Crippen LogP contribution in [-0.4, -0.2) is 49.6 Å². The molecule has 0 saturated heterocycles. The zero-order valence-corrected chi connectivity index (χ0v) is 15.3. The molecule has 0 aliphatic heterocycles. The zero-order chi connectivity index (χ0) is 19.9. The number of hydrogen-bond donors (Lipinski definition) is 3. The topological polar surface area (TPSA) is 130 Å². The predicted octanol–water partition coefficient (Wildman–Crippen LogP) is 1.85. The molecule has 0 fully saturated rings. The molecule has 0 aliphatic carbocycles. The monoisotopic (exact) mass is 391 g/mol. The standard InChI is InChI=1S/C16H22FNO7S/c1-3-4-5-8-25-16(22)18-11(15(20)21)9-10-6-7-12(19)14(13(10)17)26(2,23)24/h6-7,11,19H,3-5,8-9H2,1-2H3,(H,18,22)(H,20,21). The zero-order valence-electron chi connectivity index (χ0n) is 14.5. The highest BCUT2D eigenvalue weighted by molar-refractivity contribution is 7.90. The summed E-state index contributed by atoms with van der Waals surface area (Å²) in [4.78, 5) is 22.1. The van der Waals surface area contributed by atoms with Crippen molar-refractivity contribution in [2.24, 2.45) is 0 Å². The maximum Gasteiger partial charge on any atom is 0.407 e. The largest absolute Gasteiger partial charge is 0.506 e. The molecule has 146 valence electrons. The SMILES string of the molecule is CCCCCOC(=O)NC(Cc1ccc(O)c(S(C)(=O)=O)c1F)C(=O)O. The summed E-state index contributed by atoms with van der Waals surface area (Å²) in [6, 6.07) is 0.487. The predicted molar refractivity (Wildman–Crippen MR) is 90.3 cm³/mol.